The number of amides is 1. The molecule has 3 aromatic rings. The Balaban J connectivity index is 1.58. The molecule has 0 radical (unpaired) electrons. The summed E-state index contributed by atoms with van der Waals surface area (Å²) in [5.41, 5.74) is 2.71. The first-order chi connectivity index (χ1) is 14.6. The monoisotopic (exact) mass is 424 g/mol. The van der Waals surface area contributed by atoms with Crippen LogP contribution in [-0.2, 0) is 13.1 Å². The molecule has 5 nitrogen and oxygen atoms in total. The van der Waals surface area contributed by atoms with Crippen molar-refractivity contribution >= 4 is 17.5 Å². The minimum Gasteiger partial charge on any atom is -0.454 e. The number of halogens is 1. The number of rotatable bonds is 7. The lowest BCUT2D eigenvalue weighted by molar-refractivity contribution is 0.0666. The Morgan fingerprint density at radius 3 is 2.73 bits per heavy atom. The van der Waals surface area contributed by atoms with E-state index in [0.29, 0.717) is 30.2 Å². The van der Waals surface area contributed by atoms with E-state index in [1.807, 2.05) is 41.4 Å². The fourth-order valence-electron chi connectivity index (χ4n) is 3.58. The van der Waals surface area contributed by atoms with Gasteiger partial charge >= 0.3 is 0 Å². The second-order valence-electron chi connectivity index (χ2n) is 7.48. The molecule has 1 unspecified atom stereocenters. The standard InChI is InChI=1S/C24H25ClN2O3/c1-3-17(2)27(24(28)18-10-11-22-23(13-18)30-16-29-22)15-20-8-6-12-26(20)14-19-7-4-5-9-21(19)25/h4-13,17H,3,14-16H2,1-2H3. The zero-order chi connectivity index (χ0) is 21.1. The largest absolute Gasteiger partial charge is 0.454 e. The van der Waals surface area contributed by atoms with E-state index in [9.17, 15) is 4.79 Å². The van der Waals surface area contributed by atoms with Crippen molar-refractivity contribution in [3.8, 4) is 11.5 Å². The maximum Gasteiger partial charge on any atom is 0.254 e. The first-order valence-corrected chi connectivity index (χ1v) is 10.5. The Labute approximate surface area is 181 Å². The molecule has 2 heterocycles. The first-order valence-electron chi connectivity index (χ1n) is 10.1. The van der Waals surface area contributed by atoms with E-state index in [-0.39, 0.29) is 18.7 Å². The van der Waals surface area contributed by atoms with Crippen LogP contribution in [0.4, 0.5) is 0 Å². The predicted octanol–water partition coefficient (Wildman–Crippen LogP) is 5.36. The summed E-state index contributed by atoms with van der Waals surface area (Å²) in [5, 5.41) is 0.743. The second-order valence-corrected chi connectivity index (χ2v) is 7.88. The first kappa shape index (κ1) is 20.4. The maximum absolute atomic E-state index is 13.4. The number of ether oxygens (including phenoxy) is 2. The van der Waals surface area contributed by atoms with Crippen molar-refractivity contribution in [2.24, 2.45) is 0 Å². The molecule has 1 aromatic heterocycles. The van der Waals surface area contributed by atoms with Gasteiger partial charge in [-0.05, 0) is 55.3 Å². The van der Waals surface area contributed by atoms with Crippen LogP contribution in [-0.4, -0.2) is 28.2 Å². The van der Waals surface area contributed by atoms with Crippen molar-refractivity contribution in [1.82, 2.24) is 9.47 Å². The van der Waals surface area contributed by atoms with Crippen molar-refractivity contribution in [2.45, 2.75) is 39.4 Å². The van der Waals surface area contributed by atoms with Gasteiger partial charge in [-0.1, -0.05) is 36.7 Å². The van der Waals surface area contributed by atoms with E-state index < -0.39 is 0 Å². The average Bonchev–Trinajstić information content (AvgIpc) is 3.41. The van der Waals surface area contributed by atoms with Crippen LogP contribution in [0.5, 0.6) is 11.5 Å². The Kier molecular flexibility index (Phi) is 6.00. The zero-order valence-electron chi connectivity index (χ0n) is 17.2. The number of benzene rings is 2. The van der Waals surface area contributed by atoms with E-state index in [4.69, 9.17) is 21.1 Å². The highest BCUT2D eigenvalue weighted by Gasteiger charge is 2.24. The van der Waals surface area contributed by atoms with Gasteiger partial charge in [-0.3, -0.25) is 4.79 Å². The van der Waals surface area contributed by atoms with Gasteiger partial charge in [0.05, 0.1) is 6.54 Å². The molecule has 1 aliphatic rings. The molecule has 0 fully saturated rings. The summed E-state index contributed by atoms with van der Waals surface area (Å²) >= 11 is 6.35. The molecule has 1 atom stereocenters. The average molecular weight is 425 g/mol. The molecule has 0 bridgehead atoms. The van der Waals surface area contributed by atoms with Gasteiger partial charge in [0.1, 0.15) is 0 Å². The van der Waals surface area contributed by atoms with Crippen LogP contribution in [0.25, 0.3) is 0 Å². The van der Waals surface area contributed by atoms with Gasteiger partial charge in [0.25, 0.3) is 5.91 Å². The molecule has 0 aliphatic carbocycles. The minimum atomic E-state index is -0.0202. The van der Waals surface area contributed by atoms with Crippen molar-refractivity contribution in [3.63, 3.8) is 0 Å². The van der Waals surface area contributed by atoms with Gasteiger partial charge in [0.2, 0.25) is 6.79 Å². The van der Waals surface area contributed by atoms with Crippen LogP contribution in [0.1, 0.15) is 41.9 Å². The Bertz CT molecular complexity index is 1050. The Morgan fingerprint density at radius 1 is 1.13 bits per heavy atom. The van der Waals surface area contributed by atoms with Crippen LogP contribution in [0.3, 0.4) is 0 Å². The van der Waals surface area contributed by atoms with E-state index in [0.717, 1.165) is 22.7 Å². The quantitative estimate of drug-likeness (QED) is 0.512. The normalized spacial score (nSPS) is 13.3. The van der Waals surface area contributed by atoms with E-state index >= 15 is 0 Å². The van der Waals surface area contributed by atoms with Crippen molar-refractivity contribution in [1.29, 1.82) is 0 Å². The van der Waals surface area contributed by atoms with E-state index in [1.165, 1.54) is 0 Å². The van der Waals surface area contributed by atoms with E-state index in [1.54, 1.807) is 18.2 Å². The Hall–Kier alpha value is -2.92. The molecule has 30 heavy (non-hydrogen) atoms. The lowest BCUT2D eigenvalue weighted by Gasteiger charge is -2.29. The molecule has 0 N–H and O–H groups in total. The summed E-state index contributed by atoms with van der Waals surface area (Å²) < 4.78 is 13.0. The van der Waals surface area contributed by atoms with Crippen LogP contribution in [0.2, 0.25) is 5.02 Å². The molecule has 156 valence electrons. The fraction of sp³-hybridized carbons (Fsp3) is 0.292. The predicted molar refractivity (Wildman–Crippen MR) is 117 cm³/mol. The molecule has 1 aliphatic heterocycles. The SMILES string of the molecule is CCC(C)N(Cc1cccn1Cc1ccccc1Cl)C(=O)c1ccc2c(c1)OCO2. The lowest BCUT2D eigenvalue weighted by Crippen LogP contribution is -2.38. The fourth-order valence-corrected chi connectivity index (χ4v) is 3.77. The molecular formula is C24H25ClN2O3. The molecule has 6 heteroatoms. The Morgan fingerprint density at radius 2 is 1.93 bits per heavy atom. The zero-order valence-corrected chi connectivity index (χ0v) is 17.9. The summed E-state index contributed by atoms with van der Waals surface area (Å²) in [4.78, 5) is 15.3. The number of aromatic nitrogens is 1. The van der Waals surface area contributed by atoms with Gasteiger partial charge in [0, 0.05) is 35.1 Å². The molecule has 0 saturated heterocycles. The highest BCUT2D eigenvalue weighted by atomic mass is 35.5. The van der Waals surface area contributed by atoms with Gasteiger partial charge in [-0.15, -0.1) is 0 Å². The van der Waals surface area contributed by atoms with Crippen LogP contribution < -0.4 is 9.47 Å². The van der Waals surface area contributed by atoms with E-state index in [2.05, 4.69) is 24.5 Å². The van der Waals surface area contributed by atoms with Crippen molar-refractivity contribution in [2.75, 3.05) is 6.79 Å². The summed E-state index contributed by atoms with van der Waals surface area (Å²) in [7, 11) is 0. The summed E-state index contributed by atoms with van der Waals surface area (Å²) in [5.74, 6) is 1.27. The highest BCUT2D eigenvalue weighted by Crippen LogP contribution is 2.33. The van der Waals surface area contributed by atoms with Crippen molar-refractivity contribution in [3.05, 3.63) is 82.6 Å². The summed E-state index contributed by atoms with van der Waals surface area (Å²) in [6.45, 7) is 5.53. The van der Waals surface area contributed by atoms with Gasteiger partial charge in [-0.2, -0.15) is 0 Å². The third-order valence-electron chi connectivity index (χ3n) is 5.56. The van der Waals surface area contributed by atoms with Gasteiger partial charge in [-0.25, -0.2) is 0 Å². The topological polar surface area (TPSA) is 43.7 Å². The smallest absolute Gasteiger partial charge is 0.254 e. The van der Waals surface area contributed by atoms with Crippen LogP contribution in [0.15, 0.2) is 60.8 Å². The van der Waals surface area contributed by atoms with Crippen LogP contribution >= 0.6 is 11.6 Å². The number of carbonyl (C=O) groups excluding carboxylic acids is 1. The van der Waals surface area contributed by atoms with Gasteiger partial charge < -0.3 is 18.9 Å². The highest BCUT2D eigenvalue weighted by molar-refractivity contribution is 6.31. The van der Waals surface area contributed by atoms with Crippen molar-refractivity contribution < 1.29 is 14.3 Å². The molecule has 4 rings (SSSR count). The summed E-state index contributed by atoms with van der Waals surface area (Å²) in [6.07, 6.45) is 2.89. The third kappa shape index (κ3) is 4.17. The van der Waals surface area contributed by atoms with Crippen LogP contribution in [0, 0.1) is 0 Å². The minimum absolute atomic E-state index is 0.0202. The number of hydrogen-bond acceptors (Lipinski definition) is 3. The molecule has 0 spiro atoms. The number of nitrogens with zero attached hydrogens (tertiary/aromatic N) is 2. The number of carbonyl (C=O) groups is 1. The summed E-state index contributed by atoms with van der Waals surface area (Å²) in [6, 6.07) is 17.3. The maximum atomic E-state index is 13.4. The number of hydrogen-bond donors (Lipinski definition) is 0. The molecule has 2 aromatic carbocycles. The molecule has 1 amide bonds. The number of fused-ring (bicyclic) bond motifs is 1. The molecule has 0 saturated carbocycles. The lowest BCUT2D eigenvalue weighted by atomic mass is 10.1. The second kappa shape index (κ2) is 8.84. The third-order valence-corrected chi connectivity index (χ3v) is 5.93. The molecular weight excluding hydrogens is 400 g/mol. The van der Waals surface area contributed by atoms with Gasteiger partial charge in [0.15, 0.2) is 11.5 Å².